The molecule has 2 aromatic carbocycles. The molecule has 2 heterocycles. The Labute approximate surface area is 234 Å². The number of halogens is 3. The van der Waals surface area contributed by atoms with Gasteiger partial charge in [-0.25, -0.2) is 18.4 Å². The first kappa shape index (κ1) is 29.7. The van der Waals surface area contributed by atoms with Gasteiger partial charge in [0, 0.05) is 43.8 Å². The number of nitrogens with one attached hydrogen (secondary N) is 3. The smallest absolute Gasteiger partial charge is 0.369 e. The lowest BCUT2D eigenvalue weighted by Gasteiger charge is -2.35. The summed E-state index contributed by atoms with van der Waals surface area (Å²) >= 11 is 0. The zero-order valence-electron chi connectivity index (χ0n) is 21.6. The summed E-state index contributed by atoms with van der Waals surface area (Å²) in [5.41, 5.74) is -1.42. The van der Waals surface area contributed by atoms with E-state index >= 15 is 0 Å². The average Bonchev–Trinajstić information content (AvgIpc) is 2.96. The molecule has 15 heteroatoms. The Bertz CT molecular complexity index is 1460. The minimum absolute atomic E-state index is 0.0830. The molecule has 0 unspecified atom stereocenters. The van der Waals surface area contributed by atoms with Crippen molar-refractivity contribution in [2.75, 3.05) is 29.9 Å². The standard InChI is InChI=1S/C26H27F3N6O5S/c27-26(28,29)22-16-19(35-15-4-6-18(17-35)33-25-31-12-5-13-32-25)9-10-21(22)24(37)30-14-11-23(36)40-34-41(38,39)20-7-2-1-3-8-20/h1-3,5,7-10,12-13,16,18,34H,4,6,11,14-15,17H2,(H,30,37)(H,31,32,33)/t18-/m0/s1. The lowest BCUT2D eigenvalue weighted by Crippen LogP contribution is -2.42. The predicted molar refractivity (Wildman–Crippen MR) is 142 cm³/mol. The highest BCUT2D eigenvalue weighted by Gasteiger charge is 2.36. The molecule has 3 N–H and O–H groups in total. The van der Waals surface area contributed by atoms with Gasteiger partial charge >= 0.3 is 12.1 Å². The number of rotatable bonds is 10. The number of carbonyl (C=O) groups is 2. The van der Waals surface area contributed by atoms with E-state index in [1.807, 2.05) is 0 Å². The Hall–Kier alpha value is -4.24. The van der Waals surface area contributed by atoms with Crippen molar-refractivity contribution < 1.29 is 36.0 Å². The number of amides is 1. The number of alkyl halides is 3. The molecule has 1 aliphatic heterocycles. The van der Waals surface area contributed by atoms with Gasteiger partial charge in [-0.3, -0.25) is 9.59 Å². The highest BCUT2D eigenvalue weighted by atomic mass is 32.2. The third-order valence-corrected chi connectivity index (χ3v) is 7.37. The van der Waals surface area contributed by atoms with Crippen LogP contribution in [0.1, 0.15) is 35.2 Å². The predicted octanol–water partition coefficient (Wildman–Crippen LogP) is 3.13. The van der Waals surface area contributed by atoms with Crippen molar-refractivity contribution in [3.63, 3.8) is 0 Å². The quantitative estimate of drug-likeness (QED) is 0.303. The van der Waals surface area contributed by atoms with Crippen molar-refractivity contribution in [1.29, 1.82) is 0 Å². The Morgan fingerprint density at radius 2 is 1.78 bits per heavy atom. The zero-order valence-corrected chi connectivity index (χ0v) is 22.4. The van der Waals surface area contributed by atoms with E-state index in [1.54, 1.807) is 34.3 Å². The second-order valence-electron chi connectivity index (χ2n) is 9.11. The van der Waals surface area contributed by atoms with Gasteiger partial charge in [0.05, 0.1) is 22.4 Å². The molecule has 0 saturated carbocycles. The number of carbonyl (C=O) groups excluding carboxylic acids is 2. The first-order chi connectivity index (χ1) is 19.5. The van der Waals surface area contributed by atoms with Crippen LogP contribution in [0, 0.1) is 0 Å². The molecular weight excluding hydrogens is 565 g/mol. The van der Waals surface area contributed by atoms with Gasteiger partial charge in [0.15, 0.2) is 0 Å². The van der Waals surface area contributed by atoms with Crippen LogP contribution in [0.2, 0.25) is 0 Å². The van der Waals surface area contributed by atoms with Crippen LogP contribution in [0.4, 0.5) is 24.8 Å². The number of piperidine rings is 1. The summed E-state index contributed by atoms with van der Waals surface area (Å²) in [5.74, 6) is -1.65. The van der Waals surface area contributed by atoms with E-state index in [9.17, 15) is 31.2 Å². The number of hydrogen-bond donors (Lipinski definition) is 3. The lowest BCUT2D eigenvalue weighted by molar-refractivity contribution is -0.147. The number of aromatic nitrogens is 2. The highest BCUT2D eigenvalue weighted by molar-refractivity contribution is 7.89. The van der Waals surface area contributed by atoms with Gasteiger partial charge in [0.1, 0.15) is 0 Å². The Morgan fingerprint density at radius 1 is 1.05 bits per heavy atom. The van der Waals surface area contributed by atoms with Crippen LogP contribution in [-0.2, 0) is 25.8 Å². The van der Waals surface area contributed by atoms with E-state index in [4.69, 9.17) is 0 Å². The molecule has 218 valence electrons. The minimum Gasteiger partial charge on any atom is -0.369 e. The Morgan fingerprint density at radius 3 is 2.49 bits per heavy atom. The molecule has 0 spiro atoms. The molecule has 1 aliphatic rings. The lowest BCUT2D eigenvalue weighted by atomic mass is 10.0. The first-order valence-corrected chi connectivity index (χ1v) is 14.1. The van der Waals surface area contributed by atoms with Crippen molar-refractivity contribution in [3.05, 3.63) is 78.1 Å². The summed E-state index contributed by atoms with van der Waals surface area (Å²) in [6.45, 7) is 0.564. The molecule has 1 atom stereocenters. The molecule has 1 fully saturated rings. The fourth-order valence-electron chi connectivity index (χ4n) is 4.22. The summed E-state index contributed by atoms with van der Waals surface area (Å²) in [4.78, 5) is 40.7. The molecule has 1 amide bonds. The number of hydrogen-bond acceptors (Lipinski definition) is 9. The van der Waals surface area contributed by atoms with E-state index in [1.165, 1.54) is 30.3 Å². The first-order valence-electron chi connectivity index (χ1n) is 12.6. The summed E-state index contributed by atoms with van der Waals surface area (Å²) in [6, 6.07) is 12.2. The maximum Gasteiger partial charge on any atom is 0.417 e. The third kappa shape index (κ3) is 8.14. The molecule has 41 heavy (non-hydrogen) atoms. The van der Waals surface area contributed by atoms with Gasteiger partial charge in [0.2, 0.25) is 5.95 Å². The van der Waals surface area contributed by atoms with Crippen LogP contribution < -0.4 is 20.4 Å². The molecule has 1 aromatic heterocycles. The van der Waals surface area contributed by atoms with E-state index in [0.29, 0.717) is 24.7 Å². The van der Waals surface area contributed by atoms with Crippen LogP contribution in [-0.4, -0.2) is 55.9 Å². The topological polar surface area (TPSA) is 143 Å². The largest absolute Gasteiger partial charge is 0.417 e. The van der Waals surface area contributed by atoms with Gasteiger partial charge in [0.25, 0.3) is 15.9 Å². The number of benzene rings is 2. The van der Waals surface area contributed by atoms with E-state index < -0.39 is 45.6 Å². The minimum atomic E-state index is -4.82. The van der Waals surface area contributed by atoms with E-state index in [0.717, 1.165) is 25.0 Å². The van der Waals surface area contributed by atoms with Crippen molar-refractivity contribution in [2.24, 2.45) is 0 Å². The van der Waals surface area contributed by atoms with Gasteiger partial charge < -0.3 is 20.4 Å². The highest BCUT2D eigenvalue weighted by Crippen LogP contribution is 2.35. The van der Waals surface area contributed by atoms with Crippen molar-refractivity contribution in [2.45, 2.75) is 36.4 Å². The molecule has 3 aromatic rings. The molecule has 0 bridgehead atoms. The monoisotopic (exact) mass is 592 g/mol. The number of nitrogens with zero attached hydrogens (tertiary/aromatic N) is 3. The normalized spacial score (nSPS) is 15.7. The third-order valence-electron chi connectivity index (χ3n) is 6.17. The van der Waals surface area contributed by atoms with Crippen LogP contribution >= 0.6 is 0 Å². The Kier molecular flexibility index (Phi) is 9.39. The second-order valence-corrected chi connectivity index (χ2v) is 10.8. The SMILES string of the molecule is O=C(CCNC(=O)c1ccc(N2CCC[C@H](Nc3ncccn3)C2)cc1C(F)(F)F)ONS(=O)(=O)c1ccccc1. The molecule has 4 rings (SSSR count). The molecule has 11 nitrogen and oxygen atoms in total. The fourth-order valence-corrected chi connectivity index (χ4v) is 5.03. The van der Waals surface area contributed by atoms with Crippen molar-refractivity contribution >= 4 is 33.5 Å². The fraction of sp³-hybridized carbons (Fsp3) is 0.308. The summed E-state index contributed by atoms with van der Waals surface area (Å²) in [6.07, 6.45) is -0.612. The molecule has 0 radical (unpaired) electrons. The summed E-state index contributed by atoms with van der Waals surface area (Å²) in [7, 11) is -4.11. The van der Waals surface area contributed by atoms with Gasteiger partial charge in [-0.1, -0.05) is 18.2 Å². The van der Waals surface area contributed by atoms with Crippen LogP contribution in [0.15, 0.2) is 71.9 Å². The Balaban J connectivity index is 1.35. The van der Waals surface area contributed by atoms with Crippen LogP contribution in [0.3, 0.4) is 0 Å². The maximum absolute atomic E-state index is 14.0. The van der Waals surface area contributed by atoms with Crippen LogP contribution in [0.5, 0.6) is 0 Å². The second kappa shape index (κ2) is 13.0. The average molecular weight is 593 g/mol. The molecule has 1 saturated heterocycles. The number of sulfonamides is 1. The van der Waals surface area contributed by atoms with Crippen molar-refractivity contribution in [3.8, 4) is 0 Å². The maximum atomic E-state index is 14.0. The summed E-state index contributed by atoms with van der Waals surface area (Å²) in [5, 5.41) is 5.44. The van der Waals surface area contributed by atoms with Gasteiger partial charge in [-0.2, -0.15) is 13.2 Å². The van der Waals surface area contributed by atoms with E-state index in [2.05, 4.69) is 25.4 Å². The number of anilines is 2. The van der Waals surface area contributed by atoms with Gasteiger partial charge in [-0.15, -0.1) is 0 Å². The van der Waals surface area contributed by atoms with Gasteiger partial charge in [-0.05, 0) is 54.1 Å². The van der Waals surface area contributed by atoms with Crippen molar-refractivity contribution in [1.82, 2.24) is 20.2 Å². The zero-order chi connectivity index (χ0) is 29.5. The van der Waals surface area contributed by atoms with E-state index in [-0.39, 0.29) is 17.5 Å². The summed E-state index contributed by atoms with van der Waals surface area (Å²) < 4.78 is 66.1. The molecular formula is C26H27F3N6O5S. The molecule has 0 aliphatic carbocycles. The van der Waals surface area contributed by atoms with Crippen LogP contribution in [0.25, 0.3) is 0 Å².